The topological polar surface area (TPSA) is 72.8 Å². The van der Waals surface area contributed by atoms with E-state index >= 15 is 0 Å². The van der Waals surface area contributed by atoms with Crippen LogP contribution in [-0.2, 0) is 24.4 Å². The summed E-state index contributed by atoms with van der Waals surface area (Å²) in [5.41, 5.74) is 2.20. The van der Waals surface area contributed by atoms with Gasteiger partial charge in [-0.2, -0.15) is 0 Å². The van der Waals surface area contributed by atoms with E-state index in [4.69, 9.17) is 9.47 Å². The van der Waals surface area contributed by atoms with Gasteiger partial charge in [0.1, 0.15) is 22.7 Å². The number of nitrogens with zero attached hydrogens (tertiary/aromatic N) is 2. The third-order valence-electron chi connectivity index (χ3n) is 7.03. The number of nitrogens with one attached hydrogen (secondary N) is 1. The van der Waals surface area contributed by atoms with Crippen molar-refractivity contribution in [2.45, 2.75) is 39.0 Å². The van der Waals surface area contributed by atoms with Gasteiger partial charge in [-0.25, -0.2) is 0 Å². The zero-order valence-electron chi connectivity index (χ0n) is 21.4. The van der Waals surface area contributed by atoms with E-state index in [1.54, 1.807) is 12.0 Å². The standard InChI is InChI=1S/C30H31N3O4/c1-4-37-24-15-13-21(14-16-24)19-33-28(34)26-17-22-9-5-7-11-25(22)32(26)20-30(33,2)29(35)31-18-23-10-6-8-12-27(23)36-3/h5-17H,4,18-20H2,1-3H3,(H,31,35)/t30-/m0/s1. The van der Waals surface area contributed by atoms with E-state index in [1.807, 2.05) is 97.3 Å². The number of carbonyl (C=O) groups excluding carboxylic acids is 2. The fourth-order valence-corrected chi connectivity index (χ4v) is 5.01. The summed E-state index contributed by atoms with van der Waals surface area (Å²) in [7, 11) is 1.61. The lowest BCUT2D eigenvalue weighted by Crippen LogP contribution is -2.63. The maximum Gasteiger partial charge on any atom is 0.271 e. The maximum absolute atomic E-state index is 13.9. The number of hydrogen-bond donors (Lipinski definition) is 1. The molecule has 0 fully saturated rings. The van der Waals surface area contributed by atoms with Gasteiger partial charge in [0, 0.05) is 29.6 Å². The van der Waals surface area contributed by atoms with Crippen molar-refractivity contribution in [2.24, 2.45) is 0 Å². The molecule has 1 N–H and O–H groups in total. The molecule has 37 heavy (non-hydrogen) atoms. The molecule has 0 spiro atoms. The highest BCUT2D eigenvalue weighted by molar-refractivity contribution is 6.03. The number of fused-ring (bicyclic) bond motifs is 3. The second-order valence-corrected chi connectivity index (χ2v) is 9.41. The van der Waals surface area contributed by atoms with Crippen LogP contribution in [0.25, 0.3) is 10.9 Å². The average Bonchev–Trinajstić information content (AvgIpc) is 3.29. The number of para-hydroxylation sites is 2. The Labute approximate surface area is 216 Å². The molecule has 0 radical (unpaired) electrons. The molecule has 1 aromatic heterocycles. The van der Waals surface area contributed by atoms with Crippen LogP contribution in [-0.4, -0.2) is 40.5 Å². The van der Waals surface area contributed by atoms with Crippen molar-refractivity contribution in [1.82, 2.24) is 14.8 Å². The van der Waals surface area contributed by atoms with Gasteiger partial charge in [-0.15, -0.1) is 0 Å². The second-order valence-electron chi connectivity index (χ2n) is 9.41. The first kappa shape index (κ1) is 24.4. The van der Waals surface area contributed by atoms with Gasteiger partial charge in [0.15, 0.2) is 0 Å². The van der Waals surface area contributed by atoms with Crippen molar-refractivity contribution in [3.05, 3.63) is 95.7 Å². The van der Waals surface area contributed by atoms with Gasteiger partial charge in [-0.1, -0.05) is 48.5 Å². The van der Waals surface area contributed by atoms with E-state index in [-0.39, 0.29) is 11.8 Å². The first-order valence-electron chi connectivity index (χ1n) is 12.5. The normalized spacial score (nSPS) is 16.9. The van der Waals surface area contributed by atoms with Crippen LogP contribution in [0.5, 0.6) is 11.5 Å². The predicted molar refractivity (Wildman–Crippen MR) is 143 cm³/mol. The minimum atomic E-state index is -1.12. The molecule has 1 aliphatic rings. The first-order valence-corrected chi connectivity index (χ1v) is 12.5. The van der Waals surface area contributed by atoms with Crippen molar-refractivity contribution >= 4 is 22.7 Å². The van der Waals surface area contributed by atoms with Gasteiger partial charge in [-0.05, 0) is 49.7 Å². The number of rotatable bonds is 8. The lowest BCUT2D eigenvalue weighted by Gasteiger charge is -2.44. The van der Waals surface area contributed by atoms with Crippen molar-refractivity contribution in [3.8, 4) is 11.5 Å². The number of hydrogen-bond acceptors (Lipinski definition) is 4. The SMILES string of the molecule is CCOc1ccc(CN2C(=O)c3cc4ccccc4n3C[C@@]2(C)C(=O)NCc2ccccc2OC)cc1. The third kappa shape index (κ3) is 4.53. The molecule has 0 aliphatic carbocycles. The van der Waals surface area contributed by atoms with Gasteiger partial charge in [-0.3, -0.25) is 9.59 Å². The minimum absolute atomic E-state index is 0.175. The van der Waals surface area contributed by atoms with Crippen LogP contribution in [0.2, 0.25) is 0 Å². The minimum Gasteiger partial charge on any atom is -0.496 e. The molecule has 4 aromatic rings. The summed E-state index contributed by atoms with van der Waals surface area (Å²) < 4.78 is 13.0. The largest absolute Gasteiger partial charge is 0.496 e. The number of aromatic nitrogens is 1. The Morgan fingerprint density at radius 1 is 1.03 bits per heavy atom. The zero-order valence-corrected chi connectivity index (χ0v) is 21.4. The number of amides is 2. The Morgan fingerprint density at radius 2 is 1.76 bits per heavy atom. The van der Waals surface area contributed by atoms with Gasteiger partial charge in [0.05, 0.1) is 20.3 Å². The molecule has 190 valence electrons. The van der Waals surface area contributed by atoms with Gasteiger partial charge in [0.25, 0.3) is 5.91 Å². The lowest BCUT2D eigenvalue weighted by atomic mass is 9.93. The number of benzene rings is 3. The number of carbonyl (C=O) groups is 2. The van der Waals surface area contributed by atoms with Crippen LogP contribution in [0, 0.1) is 0 Å². The fraction of sp³-hybridized carbons (Fsp3) is 0.267. The van der Waals surface area contributed by atoms with Crippen LogP contribution >= 0.6 is 0 Å². The Bertz CT molecular complexity index is 1440. The Kier molecular flexibility index (Phi) is 6.61. The molecule has 0 saturated heterocycles. The Morgan fingerprint density at radius 3 is 2.51 bits per heavy atom. The average molecular weight is 498 g/mol. The molecule has 3 aromatic carbocycles. The molecule has 0 unspecified atom stereocenters. The molecule has 2 amide bonds. The fourth-order valence-electron chi connectivity index (χ4n) is 5.01. The summed E-state index contributed by atoms with van der Waals surface area (Å²) in [5, 5.41) is 4.05. The van der Waals surface area contributed by atoms with Crippen LogP contribution in [0.4, 0.5) is 0 Å². The second kappa shape index (κ2) is 10.0. The molecule has 1 atom stereocenters. The highest BCUT2D eigenvalue weighted by Crippen LogP contribution is 2.34. The number of methoxy groups -OCH3 is 1. The van der Waals surface area contributed by atoms with E-state index in [0.29, 0.717) is 37.7 Å². The van der Waals surface area contributed by atoms with Crippen molar-refractivity contribution in [2.75, 3.05) is 13.7 Å². The molecular weight excluding hydrogens is 466 g/mol. The van der Waals surface area contributed by atoms with E-state index in [0.717, 1.165) is 27.8 Å². The van der Waals surface area contributed by atoms with E-state index in [9.17, 15) is 9.59 Å². The molecule has 5 rings (SSSR count). The Balaban J connectivity index is 1.49. The summed E-state index contributed by atoms with van der Waals surface area (Å²) in [6.45, 7) is 5.30. The monoisotopic (exact) mass is 497 g/mol. The summed E-state index contributed by atoms with van der Waals surface area (Å²) in [4.78, 5) is 29.5. The first-order chi connectivity index (χ1) is 17.9. The maximum atomic E-state index is 13.9. The summed E-state index contributed by atoms with van der Waals surface area (Å²) >= 11 is 0. The highest BCUT2D eigenvalue weighted by atomic mass is 16.5. The molecular formula is C30H31N3O4. The van der Waals surface area contributed by atoms with Crippen LogP contribution < -0.4 is 14.8 Å². The highest BCUT2D eigenvalue weighted by Gasteiger charge is 2.47. The van der Waals surface area contributed by atoms with Crippen LogP contribution in [0.15, 0.2) is 78.9 Å². The summed E-state index contributed by atoms with van der Waals surface area (Å²) in [5.74, 6) is 1.08. The Hall–Kier alpha value is -4.26. The molecule has 7 nitrogen and oxygen atoms in total. The van der Waals surface area contributed by atoms with Crippen molar-refractivity contribution < 1.29 is 19.1 Å². The molecule has 7 heteroatoms. The summed E-state index contributed by atoms with van der Waals surface area (Å²) in [6, 6.07) is 25.0. The molecule has 0 saturated carbocycles. The van der Waals surface area contributed by atoms with E-state index < -0.39 is 5.54 Å². The van der Waals surface area contributed by atoms with Crippen LogP contribution in [0.1, 0.15) is 35.5 Å². The van der Waals surface area contributed by atoms with E-state index in [2.05, 4.69) is 5.32 Å². The van der Waals surface area contributed by atoms with Crippen molar-refractivity contribution in [1.29, 1.82) is 0 Å². The lowest BCUT2D eigenvalue weighted by molar-refractivity contribution is -0.133. The number of ether oxygens (including phenoxy) is 2. The van der Waals surface area contributed by atoms with Crippen molar-refractivity contribution in [3.63, 3.8) is 0 Å². The molecule has 2 heterocycles. The van der Waals surface area contributed by atoms with Gasteiger partial charge >= 0.3 is 0 Å². The van der Waals surface area contributed by atoms with Gasteiger partial charge < -0.3 is 24.3 Å². The molecule has 0 bridgehead atoms. The summed E-state index contributed by atoms with van der Waals surface area (Å²) in [6.07, 6.45) is 0. The van der Waals surface area contributed by atoms with Crippen LogP contribution in [0.3, 0.4) is 0 Å². The zero-order chi connectivity index (χ0) is 26.0. The quantitative estimate of drug-likeness (QED) is 0.380. The van der Waals surface area contributed by atoms with Gasteiger partial charge in [0.2, 0.25) is 5.91 Å². The van der Waals surface area contributed by atoms with E-state index in [1.165, 1.54) is 0 Å². The smallest absolute Gasteiger partial charge is 0.271 e. The predicted octanol–water partition coefficient (Wildman–Crippen LogP) is 4.78. The molecule has 1 aliphatic heterocycles. The third-order valence-corrected chi connectivity index (χ3v) is 7.03.